The highest BCUT2D eigenvalue weighted by Gasteiger charge is 1.98. The van der Waals surface area contributed by atoms with E-state index in [0.717, 1.165) is 19.3 Å². The Bertz CT molecular complexity index is 196. The summed E-state index contributed by atoms with van der Waals surface area (Å²) in [4.78, 5) is 11.0. The molecule has 0 aromatic rings. The molecule has 1 nitrogen and oxygen atoms in total. The van der Waals surface area contributed by atoms with E-state index in [1.165, 1.54) is 0 Å². The standard InChI is InChI=1S/C8H12O/c9-8-6-4-2-1-3-5-7-8/h4,6H,1-3,5,7H2/b6-4-/i4D,6D. The molecule has 0 bridgehead atoms. The van der Waals surface area contributed by atoms with Gasteiger partial charge in [0.15, 0.2) is 5.78 Å². The Morgan fingerprint density at radius 2 is 2.33 bits per heavy atom. The maximum Gasteiger partial charge on any atom is 0.155 e. The molecule has 0 saturated carbocycles. The lowest BCUT2D eigenvalue weighted by Crippen LogP contribution is -1.94. The van der Waals surface area contributed by atoms with Gasteiger partial charge < -0.3 is 0 Å². The van der Waals surface area contributed by atoms with Crippen molar-refractivity contribution in [3.05, 3.63) is 12.1 Å². The van der Waals surface area contributed by atoms with Gasteiger partial charge in [-0.25, -0.2) is 0 Å². The first-order valence-corrected chi connectivity index (χ1v) is 3.41. The van der Waals surface area contributed by atoms with E-state index in [1.54, 1.807) is 0 Å². The summed E-state index contributed by atoms with van der Waals surface area (Å²) in [6, 6.07) is 0.152. The van der Waals surface area contributed by atoms with Crippen LogP contribution in [-0.2, 0) is 4.79 Å². The van der Waals surface area contributed by atoms with Crippen LogP contribution in [0.2, 0.25) is 0 Å². The fraction of sp³-hybridized carbons (Fsp3) is 0.625. The van der Waals surface area contributed by atoms with Crippen molar-refractivity contribution in [1.29, 1.82) is 0 Å². The van der Waals surface area contributed by atoms with E-state index in [-0.39, 0.29) is 17.9 Å². The second-order valence-corrected chi connectivity index (χ2v) is 2.29. The van der Waals surface area contributed by atoms with Crippen molar-refractivity contribution in [2.75, 3.05) is 0 Å². The number of ketones is 1. The number of rotatable bonds is 0. The normalized spacial score (nSPS) is 34.4. The van der Waals surface area contributed by atoms with Gasteiger partial charge in [0, 0.05) is 6.42 Å². The number of allylic oxidation sites excluding steroid dienone is 2. The minimum atomic E-state index is -0.158. The smallest absolute Gasteiger partial charge is 0.155 e. The van der Waals surface area contributed by atoms with Crippen LogP contribution < -0.4 is 0 Å². The minimum absolute atomic E-state index is 0.0651. The van der Waals surface area contributed by atoms with Crippen LogP contribution in [0, 0.1) is 0 Å². The zero-order valence-electron chi connectivity index (χ0n) is 7.44. The van der Waals surface area contributed by atoms with E-state index in [2.05, 4.69) is 0 Å². The van der Waals surface area contributed by atoms with E-state index < -0.39 is 0 Å². The number of carbonyl (C=O) groups excluding carboxylic acids is 1. The van der Waals surface area contributed by atoms with Gasteiger partial charge in [-0.05, 0) is 25.3 Å². The fourth-order valence-corrected chi connectivity index (χ4v) is 0.899. The van der Waals surface area contributed by atoms with Gasteiger partial charge in [-0.15, -0.1) is 0 Å². The molecule has 0 fully saturated rings. The molecule has 0 aliphatic heterocycles. The second-order valence-electron chi connectivity index (χ2n) is 2.29. The van der Waals surface area contributed by atoms with Crippen molar-refractivity contribution in [1.82, 2.24) is 0 Å². The lowest BCUT2D eigenvalue weighted by atomic mass is 10.1. The molecule has 0 amide bonds. The topological polar surface area (TPSA) is 17.1 Å². The van der Waals surface area contributed by atoms with E-state index in [0.29, 0.717) is 12.8 Å². The summed E-state index contributed by atoms with van der Waals surface area (Å²) in [6.45, 7) is 0. The highest BCUT2D eigenvalue weighted by Crippen LogP contribution is 2.07. The van der Waals surface area contributed by atoms with Crippen molar-refractivity contribution < 1.29 is 7.54 Å². The Balaban J connectivity index is 2.74. The Morgan fingerprint density at radius 3 is 3.22 bits per heavy atom. The maximum absolute atomic E-state index is 11.0. The van der Waals surface area contributed by atoms with Gasteiger partial charge in [0.05, 0.1) is 2.74 Å². The third-order valence-corrected chi connectivity index (χ3v) is 1.43. The van der Waals surface area contributed by atoms with Crippen LogP contribution in [0.25, 0.3) is 0 Å². The van der Waals surface area contributed by atoms with Crippen LogP contribution in [0.15, 0.2) is 12.1 Å². The van der Waals surface area contributed by atoms with Gasteiger partial charge in [0.1, 0.15) is 0 Å². The molecule has 9 heavy (non-hydrogen) atoms. The molecule has 1 aliphatic rings. The molecule has 0 radical (unpaired) electrons. The lowest BCUT2D eigenvalue weighted by Gasteiger charge is -1.99. The fourth-order valence-electron chi connectivity index (χ4n) is 0.899. The summed E-state index contributed by atoms with van der Waals surface area (Å²) in [5.74, 6) is -0.158. The van der Waals surface area contributed by atoms with Crippen LogP contribution in [-0.4, -0.2) is 5.78 Å². The maximum atomic E-state index is 11.0. The van der Waals surface area contributed by atoms with Crippen molar-refractivity contribution in [2.45, 2.75) is 32.1 Å². The van der Waals surface area contributed by atoms with Crippen LogP contribution in [0.5, 0.6) is 0 Å². The summed E-state index contributed by atoms with van der Waals surface area (Å²) < 4.78 is 14.6. The van der Waals surface area contributed by atoms with E-state index in [1.807, 2.05) is 0 Å². The molecule has 50 valence electrons. The highest BCUT2D eigenvalue weighted by molar-refractivity contribution is 5.89. The average Bonchev–Trinajstić information content (AvgIpc) is 2.00. The number of carbonyl (C=O) groups is 1. The predicted octanol–water partition coefficient (Wildman–Crippen LogP) is 2.08. The van der Waals surface area contributed by atoms with Gasteiger partial charge >= 0.3 is 0 Å². The first-order valence-electron chi connectivity index (χ1n) is 4.41. The molecular formula is C8H12O. The molecule has 0 atom stereocenters. The summed E-state index contributed by atoms with van der Waals surface area (Å²) in [5, 5.41) is 0. The summed E-state index contributed by atoms with van der Waals surface area (Å²) in [7, 11) is 0. The Hall–Kier alpha value is -0.590. The van der Waals surface area contributed by atoms with Crippen LogP contribution in [0.4, 0.5) is 0 Å². The van der Waals surface area contributed by atoms with Gasteiger partial charge in [-0.3, -0.25) is 4.79 Å². The van der Waals surface area contributed by atoms with E-state index >= 15 is 0 Å². The summed E-state index contributed by atoms with van der Waals surface area (Å²) in [5.41, 5.74) is 0. The van der Waals surface area contributed by atoms with E-state index in [9.17, 15) is 4.79 Å². The van der Waals surface area contributed by atoms with E-state index in [4.69, 9.17) is 2.74 Å². The first-order chi connectivity index (χ1) is 5.22. The van der Waals surface area contributed by atoms with Crippen LogP contribution >= 0.6 is 0 Å². The summed E-state index contributed by atoms with van der Waals surface area (Å²) >= 11 is 0. The molecule has 0 N–H and O–H groups in total. The third kappa shape index (κ3) is 2.45. The molecule has 0 spiro atoms. The minimum Gasteiger partial charge on any atom is -0.295 e. The van der Waals surface area contributed by atoms with Gasteiger partial charge in [0.2, 0.25) is 0 Å². The Morgan fingerprint density at radius 1 is 1.44 bits per heavy atom. The number of hydrogen-bond acceptors (Lipinski definition) is 1. The zero-order valence-corrected chi connectivity index (χ0v) is 5.44. The molecule has 0 saturated heterocycles. The van der Waals surface area contributed by atoms with Crippen molar-refractivity contribution in [3.63, 3.8) is 0 Å². The molecule has 0 heterocycles. The predicted molar refractivity (Wildman–Crippen MR) is 37.2 cm³/mol. The Kier molecular flexibility index (Phi) is 1.63. The molecule has 1 heteroatoms. The van der Waals surface area contributed by atoms with Crippen LogP contribution in [0.3, 0.4) is 0 Å². The zero-order chi connectivity index (χ0) is 8.27. The van der Waals surface area contributed by atoms with Gasteiger partial charge in [-0.2, -0.15) is 0 Å². The second kappa shape index (κ2) is 3.44. The molecule has 0 unspecified atom stereocenters. The average molecular weight is 126 g/mol. The van der Waals surface area contributed by atoms with Crippen molar-refractivity contribution in [2.24, 2.45) is 0 Å². The third-order valence-electron chi connectivity index (χ3n) is 1.43. The quantitative estimate of drug-likeness (QED) is 0.485. The van der Waals surface area contributed by atoms with Crippen molar-refractivity contribution >= 4 is 5.78 Å². The highest BCUT2D eigenvalue weighted by atomic mass is 16.1. The lowest BCUT2D eigenvalue weighted by molar-refractivity contribution is -0.114. The SMILES string of the molecule is [2H]/C1=C(\[2H])C(=O)CCCCC1. The Labute approximate surface area is 58.6 Å². The first kappa shape index (κ1) is 4.26. The molecule has 0 aromatic heterocycles. The monoisotopic (exact) mass is 126 g/mol. The summed E-state index contributed by atoms with van der Waals surface area (Å²) in [6.07, 6.45) is 3.91. The van der Waals surface area contributed by atoms with Crippen LogP contribution in [0.1, 0.15) is 34.8 Å². The largest absolute Gasteiger partial charge is 0.295 e. The van der Waals surface area contributed by atoms with Crippen molar-refractivity contribution in [3.8, 4) is 0 Å². The molecule has 1 rings (SSSR count). The number of hydrogen-bond donors (Lipinski definition) is 0. The molecule has 1 aliphatic carbocycles. The van der Waals surface area contributed by atoms with Gasteiger partial charge in [0.25, 0.3) is 0 Å². The van der Waals surface area contributed by atoms with Gasteiger partial charge in [-0.1, -0.05) is 12.5 Å². The molecule has 0 aromatic carbocycles. The molecular weight excluding hydrogens is 112 g/mol.